The molecule has 0 aliphatic heterocycles. The molecule has 4 aromatic carbocycles. The quantitative estimate of drug-likeness (QED) is 0.318. The summed E-state index contributed by atoms with van der Waals surface area (Å²) < 4.78 is 76.4. The van der Waals surface area contributed by atoms with Crippen LogP contribution in [0.1, 0.15) is 22.1 Å². The van der Waals surface area contributed by atoms with Gasteiger partial charge in [-0.15, -0.1) is 0 Å². The van der Waals surface area contributed by atoms with Gasteiger partial charge in [-0.2, -0.15) is 0 Å². The van der Waals surface area contributed by atoms with Crippen molar-refractivity contribution in [2.75, 3.05) is 0 Å². The van der Waals surface area contributed by atoms with Gasteiger partial charge in [-0.25, -0.2) is 0 Å². The Bertz CT molecular complexity index is 2140. The normalized spacial score (nSPS) is 23.8. The summed E-state index contributed by atoms with van der Waals surface area (Å²) in [5.41, 5.74) is 3.50. The molecule has 0 spiro atoms. The lowest BCUT2D eigenvalue weighted by Gasteiger charge is -2.33. The van der Waals surface area contributed by atoms with Crippen LogP contribution >= 0.6 is 0 Å². The number of fused-ring (bicyclic) bond motifs is 5. The first-order chi connectivity index (χ1) is 19.7. The van der Waals surface area contributed by atoms with Crippen LogP contribution in [0.3, 0.4) is 0 Å². The molecule has 33 heavy (non-hydrogen) atoms. The highest BCUT2D eigenvalue weighted by Gasteiger charge is 2.31. The van der Waals surface area contributed by atoms with Crippen molar-refractivity contribution in [3.63, 3.8) is 0 Å². The Balaban J connectivity index is 1.74. The number of hydrogen-bond donors (Lipinski definition) is 0. The molecule has 1 nitrogen and oxygen atoms in total. The van der Waals surface area contributed by atoms with Gasteiger partial charge in [-0.3, -0.25) is 0 Å². The monoisotopic (exact) mass is 430 g/mol. The zero-order chi connectivity index (χ0) is 28.7. The van der Waals surface area contributed by atoms with E-state index in [0.29, 0.717) is 33.4 Å². The van der Waals surface area contributed by atoms with E-state index in [2.05, 4.69) is 0 Å². The fourth-order valence-electron chi connectivity index (χ4n) is 5.06. The second-order valence-corrected chi connectivity index (χ2v) is 8.25. The Hall–Kier alpha value is -4.10. The number of hydrogen-bond acceptors (Lipinski definition) is 1. The summed E-state index contributed by atoms with van der Waals surface area (Å²) in [4.78, 5) is 0. The van der Waals surface area contributed by atoms with Crippen molar-refractivity contribution in [1.82, 2.24) is 0 Å². The average Bonchev–Trinajstić information content (AvgIpc) is 3.37. The van der Waals surface area contributed by atoms with Crippen LogP contribution in [0.5, 0.6) is 0 Å². The van der Waals surface area contributed by atoms with Crippen molar-refractivity contribution in [3.8, 4) is 0 Å². The highest BCUT2D eigenvalue weighted by Crippen LogP contribution is 2.41. The first-order valence-corrected chi connectivity index (χ1v) is 10.9. The van der Waals surface area contributed by atoms with Gasteiger partial charge in [0.15, 0.2) is 0 Å². The summed E-state index contributed by atoms with van der Waals surface area (Å²) in [5, 5.41) is 2.20. The first-order valence-electron chi connectivity index (χ1n) is 14.9. The minimum absolute atomic E-state index is 0.153. The number of benzene rings is 4. The lowest BCUT2D eigenvalue weighted by Crippen LogP contribution is -2.40. The van der Waals surface area contributed by atoms with Crippen LogP contribution < -0.4 is 10.4 Å². The van der Waals surface area contributed by atoms with Gasteiger partial charge in [0.2, 0.25) is 0 Å². The van der Waals surface area contributed by atoms with E-state index in [1.807, 2.05) is 60.7 Å². The van der Waals surface area contributed by atoms with Crippen molar-refractivity contribution in [3.05, 3.63) is 143 Å². The summed E-state index contributed by atoms with van der Waals surface area (Å²) in [6.07, 6.45) is 0. The fourth-order valence-corrected chi connectivity index (χ4v) is 5.06. The SMILES string of the molecule is [2H]C1=C([2H])C2C(c3ccccc3)=c3c([2H])c([2H])c([2H])c([2H])c3=C(c3ccc4oc5ccccc5c4c3)C2C([2H])=C1[2H]. The molecule has 2 unspecified atom stereocenters. The molecule has 0 saturated heterocycles. The smallest absolute Gasteiger partial charge is 0.135 e. The first kappa shape index (κ1) is 12.2. The molecule has 7 rings (SSSR count). The van der Waals surface area contributed by atoms with Crippen molar-refractivity contribution < 1.29 is 15.4 Å². The second kappa shape index (κ2) is 7.21. The molecule has 1 heteroatoms. The molecule has 2 aliphatic carbocycles. The van der Waals surface area contributed by atoms with Crippen LogP contribution in [0.4, 0.5) is 0 Å². The third-order valence-electron chi connectivity index (χ3n) is 6.47. The summed E-state index contributed by atoms with van der Waals surface area (Å²) in [6, 6.07) is 19.9. The van der Waals surface area contributed by atoms with Gasteiger partial charge in [0, 0.05) is 22.6 Å². The summed E-state index contributed by atoms with van der Waals surface area (Å²) >= 11 is 0. The topological polar surface area (TPSA) is 13.1 Å². The zero-order valence-corrected chi connectivity index (χ0v) is 17.5. The van der Waals surface area contributed by atoms with Gasteiger partial charge in [0.25, 0.3) is 0 Å². The van der Waals surface area contributed by atoms with Crippen LogP contribution in [0.25, 0.3) is 33.1 Å². The maximum atomic E-state index is 9.09. The molecule has 0 radical (unpaired) electrons. The van der Waals surface area contributed by atoms with E-state index in [-0.39, 0.29) is 46.7 Å². The number of allylic oxidation sites excluding steroid dienone is 4. The summed E-state index contributed by atoms with van der Waals surface area (Å²) in [6.45, 7) is 0. The Labute approximate surface area is 203 Å². The molecule has 1 heterocycles. The molecule has 0 N–H and O–H groups in total. The van der Waals surface area contributed by atoms with Crippen LogP contribution in [0.2, 0.25) is 0 Å². The van der Waals surface area contributed by atoms with Crippen molar-refractivity contribution in [1.29, 1.82) is 0 Å². The standard InChI is InChI=1S/C32H22O/c1-2-10-21(11-3-1)31-24-13-4-6-15-26(24)32(27-16-7-5-14-25(27)31)22-18-19-30-28(20-22)23-12-8-9-17-29(23)33-30/h1-20,24,26H/i4D,5D,6D,7D,13D,14D,15D,16D. The predicted octanol–water partition coefficient (Wildman–Crippen LogP) is 6.36. The maximum absolute atomic E-state index is 9.09. The molecular weight excluding hydrogens is 400 g/mol. The van der Waals surface area contributed by atoms with Gasteiger partial charge >= 0.3 is 0 Å². The van der Waals surface area contributed by atoms with Crippen LogP contribution in [0.15, 0.2) is 126 Å². The van der Waals surface area contributed by atoms with E-state index in [9.17, 15) is 0 Å². The van der Waals surface area contributed by atoms with E-state index < -0.39 is 23.9 Å². The van der Waals surface area contributed by atoms with Crippen LogP contribution in [-0.2, 0) is 0 Å². The lowest BCUT2D eigenvalue weighted by molar-refractivity contribution is 0.668. The molecule has 2 aliphatic rings. The van der Waals surface area contributed by atoms with Gasteiger partial charge in [0.1, 0.15) is 11.2 Å². The van der Waals surface area contributed by atoms with E-state index in [0.717, 1.165) is 10.8 Å². The third kappa shape index (κ3) is 2.79. The number of para-hydroxylation sites is 1. The highest BCUT2D eigenvalue weighted by molar-refractivity contribution is 6.06. The highest BCUT2D eigenvalue weighted by atomic mass is 16.3. The van der Waals surface area contributed by atoms with Gasteiger partial charge in [-0.1, -0.05) is 103 Å². The Kier molecular flexibility index (Phi) is 2.67. The van der Waals surface area contributed by atoms with Crippen LogP contribution in [0, 0.1) is 11.8 Å². The van der Waals surface area contributed by atoms with E-state index >= 15 is 0 Å². The van der Waals surface area contributed by atoms with E-state index in [1.165, 1.54) is 0 Å². The Morgan fingerprint density at radius 1 is 0.606 bits per heavy atom. The zero-order valence-electron chi connectivity index (χ0n) is 25.5. The van der Waals surface area contributed by atoms with Gasteiger partial charge in [0.05, 0.1) is 11.0 Å². The summed E-state index contributed by atoms with van der Waals surface area (Å²) in [7, 11) is 0. The molecule has 5 aromatic rings. The minimum atomic E-state index is -0.915. The summed E-state index contributed by atoms with van der Waals surface area (Å²) in [5.74, 6) is -1.81. The van der Waals surface area contributed by atoms with Crippen molar-refractivity contribution in [2.24, 2.45) is 11.8 Å². The van der Waals surface area contributed by atoms with Gasteiger partial charge < -0.3 is 4.42 Å². The molecule has 0 fully saturated rings. The maximum Gasteiger partial charge on any atom is 0.135 e. The minimum Gasteiger partial charge on any atom is -0.456 e. The molecule has 0 saturated carbocycles. The Morgan fingerprint density at radius 3 is 2.00 bits per heavy atom. The number of rotatable bonds is 2. The largest absolute Gasteiger partial charge is 0.456 e. The van der Waals surface area contributed by atoms with Crippen LogP contribution in [-0.4, -0.2) is 0 Å². The molecule has 0 bridgehead atoms. The van der Waals surface area contributed by atoms with Gasteiger partial charge in [-0.05, 0) is 50.9 Å². The Morgan fingerprint density at radius 2 is 1.24 bits per heavy atom. The fraction of sp³-hybridized carbons (Fsp3) is 0.0625. The third-order valence-corrected chi connectivity index (χ3v) is 6.47. The molecule has 156 valence electrons. The van der Waals surface area contributed by atoms with Crippen molar-refractivity contribution in [2.45, 2.75) is 0 Å². The van der Waals surface area contributed by atoms with E-state index in [4.69, 9.17) is 15.4 Å². The molecule has 0 amide bonds. The number of furan rings is 1. The second-order valence-electron chi connectivity index (χ2n) is 8.25. The predicted molar refractivity (Wildman–Crippen MR) is 136 cm³/mol. The van der Waals surface area contributed by atoms with E-state index in [1.54, 1.807) is 12.1 Å². The molecular formula is C32H22O. The lowest BCUT2D eigenvalue weighted by atomic mass is 9.70. The van der Waals surface area contributed by atoms with Crippen molar-refractivity contribution >= 4 is 33.1 Å². The molecule has 2 atom stereocenters. The molecule has 1 aromatic heterocycles. The average molecular weight is 431 g/mol.